The smallest absolute Gasteiger partial charge is 0.122 e. The molecule has 2 aromatic carbocycles. The van der Waals surface area contributed by atoms with Crippen LogP contribution in [0.5, 0.6) is 5.75 Å². The van der Waals surface area contributed by atoms with E-state index in [0.29, 0.717) is 0 Å². The number of para-hydroxylation sites is 2. The second-order valence-electron chi connectivity index (χ2n) is 5.23. The van der Waals surface area contributed by atoms with Gasteiger partial charge < -0.3 is 10.5 Å². The number of benzene rings is 2. The molecule has 0 spiro atoms. The lowest BCUT2D eigenvalue weighted by Gasteiger charge is -2.13. The Kier molecular flexibility index (Phi) is 2.82. The van der Waals surface area contributed by atoms with Crippen LogP contribution in [0.15, 0.2) is 48.7 Å². The minimum atomic E-state index is -0.270. The van der Waals surface area contributed by atoms with Gasteiger partial charge in [-0.2, -0.15) is 0 Å². The number of nitrogens with two attached hydrogens (primary N) is 1. The van der Waals surface area contributed by atoms with E-state index in [1.165, 1.54) is 5.56 Å². The first-order valence-electron chi connectivity index (χ1n) is 7.04. The van der Waals surface area contributed by atoms with E-state index < -0.39 is 0 Å². The quantitative estimate of drug-likeness (QED) is 0.782. The highest BCUT2D eigenvalue weighted by atomic mass is 16.5. The SMILES string of the molecule is NC(c1ccc2c(c1)CCO2)c1cnc2ccccc2n1. The average Bonchev–Trinajstić information content (AvgIpc) is 3.01. The van der Waals surface area contributed by atoms with Gasteiger partial charge in [-0.3, -0.25) is 4.98 Å². The van der Waals surface area contributed by atoms with Crippen molar-refractivity contribution in [2.45, 2.75) is 12.5 Å². The lowest BCUT2D eigenvalue weighted by Crippen LogP contribution is -2.14. The number of fused-ring (bicyclic) bond motifs is 2. The van der Waals surface area contributed by atoms with Gasteiger partial charge in [0.15, 0.2) is 0 Å². The molecule has 0 amide bonds. The fraction of sp³-hybridized carbons (Fsp3) is 0.176. The van der Waals surface area contributed by atoms with E-state index in [4.69, 9.17) is 10.5 Å². The number of rotatable bonds is 2. The van der Waals surface area contributed by atoms with Crippen molar-refractivity contribution in [2.75, 3.05) is 6.61 Å². The largest absolute Gasteiger partial charge is 0.493 e. The summed E-state index contributed by atoms with van der Waals surface area (Å²) in [4.78, 5) is 9.06. The van der Waals surface area contributed by atoms with E-state index in [2.05, 4.69) is 16.0 Å². The summed E-state index contributed by atoms with van der Waals surface area (Å²) < 4.78 is 5.53. The summed E-state index contributed by atoms with van der Waals surface area (Å²) in [5, 5.41) is 0. The van der Waals surface area contributed by atoms with Gasteiger partial charge in [0.2, 0.25) is 0 Å². The number of nitrogens with zero attached hydrogens (tertiary/aromatic N) is 2. The average molecular weight is 277 g/mol. The van der Waals surface area contributed by atoms with Crippen LogP contribution in [-0.2, 0) is 6.42 Å². The highest BCUT2D eigenvalue weighted by Crippen LogP contribution is 2.29. The lowest BCUT2D eigenvalue weighted by atomic mass is 10.0. The zero-order valence-corrected chi connectivity index (χ0v) is 11.5. The lowest BCUT2D eigenvalue weighted by molar-refractivity contribution is 0.357. The van der Waals surface area contributed by atoms with E-state index in [-0.39, 0.29) is 6.04 Å². The molecule has 1 aliphatic heterocycles. The van der Waals surface area contributed by atoms with Gasteiger partial charge in [0.25, 0.3) is 0 Å². The molecule has 2 N–H and O–H groups in total. The molecule has 21 heavy (non-hydrogen) atoms. The molecule has 4 rings (SSSR count). The second kappa shape index (κ2) is 4.82. The van der Waals surface area contributed by atoms with Crippen LogP contribution in [0.1, 0.15) is 22.9 Å². The molecule has 3 aromatic rings. The Hall–Kier alpha value is -2.46. The first-order chi connectivity index (χ1) is 10.3. The van der Waals surface area contributed by atoms with Gasteiger partial charge in [0.05, 0.1) is 35.6 Å². The Balaban J connectivity index is 1.73. The highest BCUT2D eigenvalue weighted by Gasteiger charge is 2.17. The molecule has 0 radical (unpaired) electrons. The molecular weight excluding hydrogens is 262 g/mol. The Morgan fingerprint density at radius 3 is 2.86 bits per heavy atom. The second-order valence-corrected chi connectivity index (χ2v) is 5.23. The summed E-state index contributed by atoms with van der Waals surface area (Å²) in [5.74, 6) is 0.968. The van der Waals surface area contributed by atoms with Crippen molar-refractivity contribution in [3.05, 3.63) is 65.5 Å². The van der Waals surface area contributed by atoms with Crippen LogP contribution in [0.4, 0.5) is 0 Å². The maximum atomic E-state index is 6.36. The summed E-state index contributed by atoms with van der Waals surface area (Å²) in [6, 6.07) is 13.7. The van der Waals surface area contributed by atoms with Crippen LogP contribution in [-0.4, -0.2) is 16.6 Å². The van der Waals surface area contributed by atoms with Crippen LogP contribution in [0.2, 0.25) is 0 Å². The third-order valence-corrected chi connectivity index (χ3v) is 3.86. The van der Waals surface area contributed by atoms with Crippen LogP contribution in [0.3, 0.4) is 0 Å². The van der Waals surface area contributed by atoms with Gasteiger partial charge in [-0.05, 0) is 29.3 Å². The fourth-order valence-electron chi connectivity index (χ4n) is 2.69. The molecule has 0 aliphatic carbocycles. The molecule has 0 saturated heterocycles. The zero-order chi connectivity index (χ0) is 14.2. The number of hydrogen-bond donors (Lipinski definition) is 1. The first-order valence-corrected chi connectivity index (χ1v) is 7.04. The number of aromatic nitrogens is 2. The van der Waals surface area contributed by atoms with Crippen molar-refractivity contribution in [2.24, 2.45) is 5.73 Å². The molecule has 2 heterocycles. The minimum absolute atomic E-state index is 0.270. The minimum Gasteiger partial charge on any atom is -0.493 e. The maximum absolute atomic E-state index is 6.36. The predicted octanol–water partition coefficient (Wildman–Crippen LogP) is 2.61. The topological polar surface area (TPSA) is 61.0 Å². The Bertz CT molecular complexity index is 816. The molecule has 1 atom stereocenters. The molecule has 1 aromatic heterocycles. The summed E-state index contributed by atoms with van der Waals surface area (Å²) >= 11 is 0. The monoisotopic (exact) mass is 277 g/mol. The zero-order valence-electron chi connectivity index (χ0n) is 11.5. The summed E-state index contributed by atoms with van der Waals surface area (Å²) in [6.45, 7) is 0.754. The molecule has 0 fully saturated rings. The van der Waals surface area contributed by atoms with Crippen molar-refractivity contribution >= 4 is 11.0 Å². The summed E-state index contributed by atoms with van der Waals surface area (Å²) in [6.07, 6.45) is 2.70. The third-order valence-electron chi connectivity index (χ3n) is 3.86. The van der Waals surface area contributed by atoms with E-state index in [1.54, 1.807) is 6.20 Å². The van der Waals surface area contributed by atoms with Crippen molar-refractivity contribution in [1.29, 1.82) is 0 Å². The van der Waals surface area contributed by atoms with Crippen molar-refractivity contribution in [1.82, 2.24) is 9.97 Å². The van der Waals surface area contributed by atoms with E-state index in [1.807, 2.05) is 36.4 Å². The maximum Gasteiger partial charge on any atom is 0.122 e. The van der Waals surface area contributed by atoms with Gasteiger partial charge in [0, 0.05) is 6.42 Å². The van der Waals surface area contributed by atoms with Crippen LogP contribution in [0, 0.1) is 0 Å². The Morgan fingerprint density at radius 1 is 1.10 bits per heavy atom. The number of ether oxygens (including phenoxy) is 1. The molecule has 1 aliphatic rings. The van der Waals surface area contributed by atoms with Crippen molar-refractivity contribution in [3.8, 4) is 5.75 Å². The molecule has 4 heteroatoms. The van der Waals surface area contributed by atoms with Crippen molar-refractivity contribution < 1.29 is 4.74 Å². The summed E-state index contributed by atoms with van der Waals surface area (Å²) in [5.41, 5.74) is 11.2. The van der Waals surface area contributed by atoms with Crippen molar-refractivity contribution in [3.63, 3.8) is 0 Å². The Morgan fingerprint density at radius 2 is 1.95 bits per heavy atom. The first kappa shape index (κ1) is 12.3. The van der Waals surface area contributed by atoms with Gasteiger partial charge >= 0.3 is 0 Å². The molecule has 4 nitrogen and oxygen atoms in total. The van der Waals surface area contributed by atoms with E-state index >= 15 is 0 Å². The summed E-state index contributed by atoms with van der Waals surface area (Å²) in [7, 11) is 0. The van der Waals surface area contributed by atoms with Crippen LogP contribution >= 0.6 is 0 Å². The van der Waals surface area contributed by atoms with Gasteiger partial charge in [0.1, 0.15) is 5.75 Å². The number of hydrogen-bond acceptors (Lipinski definition) is 4. The van der Waals surface area contributed by atoms with Gasteiger partial charge in [-0.25, -0.2) is 4.98 Å². The van der Waals surface area contributed by atoms with Gasteiger partial charge in [-0.1, -0.05) is 24.3 Å². The standard InChI is InChI=1S/C17H15N3O/c18-17(12-5-6-16-11(9-12)7-8-21-16)15-10-19-13-3-1-2-4-14(13)20-15/h1-6,9-10,17H,7-8,18H2. The molecular formula is C17H15N3O. The molecule has 0 saturated carbocycles. The molecule has 1 unspecified atom stereocenters. The third kappa shape index (κ3) is 2.14. The van der Waals surface area contributed by atoms with Gasteiger partial charge in [-0.15, -0.1) is 0 Å². The van der Waals surface area contributed by atoms with Crippen LogP contribution in [0.25, 0.3) is 11.0 Å². The van der Waals surface area contributed by atoms with E-state index in [9.17, 15) is 0 Å². The predicted molar refractivity (Wildman–Crippen MR) is 81.2 cm³/mol. The fourth-order valence-corrected chi connectivity index (χ4v) is 2.69. The van der Waals surface area contributed by atoms with Crippen LogP contribution < -0.4 is 10.5 Å². The molecule has 104 valence electrons. The Labute approximate surface area is 122 Å². The normalized spacial score (nSPS) is 14.7. The highest BCUT2D eigenvalue weighted by molar-refractivity contribution is 5.73. The molecule has 0 bridgehead atoms. The van der Waals surface area contributed by atoms with E-state index in [0.717, 1.165) is 41.1 Å².